The van der Waals surface area contributed by atoms with Crippen molar-refractivity contribution in [3.05, 3.63) is 54.2 Å². The van der Waals surface area contributed by atoms with Gasteiger partial charge in [-0.2, -0.15) is 0 Å². The highest BCUT2D eigenvalue weighted by molar-refractivity contribution is 8.00. The van der Waals surface area contributed by atoms with Crippen LogP contribution < -0.4 is 4.90 Å². The van der Waals surface area contributed by atoms with E-state index in [1.165, 1.54) is 23.9 Å². The zero-order chi connectivity index (χ0) is 16.5. The molecule has 4 rings (SSSR count). The van der Waals surface area contributed by atoms with Crippen LogP contribution in [0, 0.1) is 5.82 Å². The van der Waals surface area contributed by atoms with Crippen molar-refractivity contribution in [3.63, 3.8) is 0 Å². The molecule has 3 heterocycles. The van der Waals surface area contributed by atoms with Gasteiger partial charge in [0.25, 0.3) is 0 Å². The number of pyridine rings is 1. The van der Waals surface area contributed by atoms with Gasteiger partial charge in [-0.25, -0.2) is 4.39 Å². The van der Waals surface area contributed by atoms with Crippen LogP contribution in [0.3, 0.4) is 0 Å². The molecule has 1 aliphatic heterocycles. The molecule has 1 amide bonds. The van der Waals surface area contributed by atoms with E-state index >= 15 is 0 Å². The van der Waals surface area contributed by atoms with E-state index in [0.717, 1.165) is 4.90 Å². The third kappa shape index (κ3) is 2.76. The number of amides is 1. The van der Waals surface area contributed by atoms with E-state index in [9.17, 15) is 9.18 Å². The molecule has 0 spiro atoms. The average Bonchev–Trinajstić information content (AvgIpc) is 3.07. The Morgan fingerprint density at radius 3 is 3.00 bits per heavy atom. The summed E-state index contributed by atoms with van der Waals surface area (Å²) >= 11 is 1.34. The normalized spacial score (nSPS) is 13.9. The summed E-state index contributed by atoms with van der Waals surface area (Å²) in [5.41, 5.74) is 1.37. The minimum Gasteiger partial charge on any atom is -0.322 e. The Hall–Kier alpha value is -2.74. The highest BCUT2D eigenvalue weighted by Gasteiger charge is 2.26. The van der Waals surface area contributed by atoms with Gasteiger partial charge in [0.1, 0.15) is 11.5 Å². The van der Waals surface area contributed by atoms with Gasteiger partial charge in [0, 0.05) is 11.1 Å². The zero-order valence-electron chi connectivity index (χ0n) is 12.4. The van der Waals surface area contributed by atoms with Crippen LogP contribution >= 0.6 is 11.8 Å². The van der Waals surface area contributed by atoms with Crippen molar-refractivity contribution in [2.24, 2.45) is 0 Å². The van der Waals surface area contributed by atoms with Gasteiger partial charge < -0.3 is 9.88 Å². The number of rotatable bonds is 3. The summed E-state index contributed by atoms with van der Waals surface area (Å²) in [5, 5.41) is 8.17. The number of nitrogens with zero attached hydrogens (tertiary/aromatic N) is 4. The van der Waals surface area contributed by atoms with Crippen molar-refractivity contribution in [1.82, 2.24) is 20.2 Å². The van der Waals surface area contributed by atoms with Gasteiger partial charge in [-0.1, -0.05) is 6.07 Å². The summed E-state index contributed by atoms with van der Waals surface area (Å²) in [6, 6.07) is 9.92. The van der Waals surface area contributed by atoms with E-state index in [-0.39, 0.29) is 24.0 Å². The van der Waals surface area contributed by atoms with Crippen LogP contribution in [0.2, 0.25) is 0 Å². The lowest BCUT2D eigenvalue weighted by Crippen LogP contribution is -2.35. The van der Waals surface area contributed by atoms with Gasteiger partial charge >= 0.3 is 0 Å². The molecule has 0 radical (unpaired) electrons. The Bertz CT molecular complexity index is 898. The van der Waals surface area contributed by atoms with Crippen LogP contribution in [-0.4, -0.2) is 31.8 Å². The molecular weight excluding hydrogens is 329 g/mol. The zero-order valence-corrected chi connectivity index (χ0v) is 13.3. The van der Waals surface area contributed by atoms with Crippen LogP contribution in [0.5, 0.6) is 0 Å². The maximum atomic E-state index is 13.4. The molecule has 120 valence electrons. The number of nitrogens with one attached hydrogen (secondary N) is 1. The molecule has 0 unspecified atom stereocenters. The highest BCUT2D eigenvalue weighted by atomic mass is 32.2. The molecule has 0 fully saturated rings. The van der Waals surface area contributed by atoms with E-state index in [1.807, 2.05) is 18.2 Å². The minimum absolute atomic E-state index is 0.0464. The first kappa shape index (κ1) is 14.8. The first-order valence-corrected chi connectivity index (χ1v) is 8.25. The van der Waals surface area contributed by atoms with E-state index in [2.05, 4.69) is 20.2 Å². The molecule has 24 heavy (non-hydrogen) atoms. The predicted molar refractivity (Wildman–Crippen MR) is 87.9 cm³/mol. The second-order valence-electron chi connectivity index (χ2n) is 5.22. The number of H-pyrrole nitrogens is 1. The van der Waals surface area contributed by atoms with E-state index in [0.29, 0.717) is 23.0 Å². The lowest BCUT2D eigenvalue weighted by Gasteiger charge is -2.28. The Balaban J connectivity index is 1.62. The molecule has 3 aromatic rings. The molecule has 0 atom stereocenters. The lowest BCUT2D eigenvalue weighted by molar-refractivity contribution is -0.116. The second kappa shape index (κ2) is 6.04. The SMILES string of the molecule is O=C1CSc2cc(F)ccc2N1Cc1nnc(-c2ccccn2)[nH]1. The number of carbonyl (C=O) groups excluding carboxylic acids is 1. The Morgan fingerprint density at radius 1 is 1.25 bits per heavy atom. The van der Waals surface area contributed by atoms with Crippen molar-refractivity contribution in [2.75, 3.05) is 10.7 Å². The topological polar surface area (TPSA) is 74.8 Å². The number of halogens is 1. The fourth-order valence-electron chi connectivity index (χ4n) is 2.49. The van der Waals surface area contributed by atoms with Gasteiger partial charge in [0.2, 0.25) is 5.91 Å². The molecule has 1 aliphatic rings. The van der Waals surface area contributed by atoms with Crippen molar-refractivity contribution in [1.29, 1.82) is 0 Å². The number of thioether (sulfide) groups is 1. The fourth-order valence-corrected chi connectivity index (χ4v) is 3.44. The van der Waals surface area contributed by atoms with Crippen molar-refractivity contribution in [2.45, 2.75) is 11.4 Å². The predicted octanol–water partition coefficient (Wildman–Crippen LogP) is 2.64. The smallest absolute Gasteiger partial charge is 0.237 e. The van der Waals surface area contributed by atoms with Gasteiger partial charge in [-0.3, -0.25) is 9.78 Å². The number of aromatic nitrogens is 4. The third-order valence-electron chi connectivity index (χ3n) is 3.61. The van der Waals surface area contributed by atoms with Crippen LogP contribution in [0.4, 0.5) is 10.1 Å². The van der Waals surface area contributed by atoms with Crippen LogP contribution in [0.15, 0.2) is 47.5 Å². The van der Waals surface area contributed by atoms with E-state index in [1.54, 1.807) is 17.2 Å². The molecule has 1 aromatic carbocycles. The van der Waals surface area contributed by atoms with Crippen molar-refractivity contribution >= 4 is 23.4 Å². The van der Waals surface area contributed by atoms with Gasteiger partial charge in [0.15, 0.2) is 11.6 Å². The Labute approximate surface area is 141 Å². The minimum atomic E-state index is -0.312. The van der Waals surface area contributed by atoms with Gasteiger partial charge in [0.05, 0.1) is 18.0 Å². The molecule has 0 aliphatic carbocycles. The van der Waals surface area contributed by atoms with Crippen LogP contribution in [-0.2, 0) is 11.3 Å². The molecular formula is C16H12FN5OS. The number of fused-ring (bicyclic) bond motifs is 1. The van der Waals surface area contributed by atoms with E-state index < -0.39 is 0 Å². The molecule has 6 nitrogen and oxygen atoms in total. The van der Waals surface area contributed by atoms with Crippen molar-refractivity contribution < 1.29 is 9.18 Å². The molecule has 0 bridgehead atoms. The number of hydrogen-bond donors (Lipinski definition) is 1. The first-order chi connectivity index (χ1) is 11.7. The second-order valence-corrected chi connectivity index (χ2v) is 6.23. The average molecular weight is 341 g/mol. The summed E-state index contributed by atoms with van der Waals surface area (Å²) in [6.45, 7) is 0.248. The summed E-state index contributed by atoms with van der Waals surface area (Å²) in [5.74, 6) is 1.01. The standard InChI is InChI=1S/C16H12FN5OS/c17-10-4-5-12-13(7-10)24-9-15(23)22(12)8-14-19-16(21-20-14)11-3-1-2-6-18-11/h1-7H,8-9H2,(H,19,20,21). The third-order valence-corrected chi connectivity index (χ3v) is 4.64. The maximum Gasteiger partial charge on any atom is 0.237 e. The summed E-state index contributed by atoms with van der Waals surface area (Å²) in [7, 11) is 0. The van der Waals surface area contributed by atoms with Crippen LogP contribution in [0.1, 0.15) is 5.82 Å². The fraction of sp³-hybridized carbons (Fsp3) is 0.125. The number of benzene rings is 1. The quantitative estimate of drug-likeness (QED) is 0.793. The van der Waals surface area contributed by atoms with E-state index in [4.69, 9.17) is 0 Å². The molecule has 0 saturated carbocycles. The Kier molecular flexibility index (Phi) is 3.73. The molecule has 1 N–H and O–H groups in total. The number of aromatic amines is 1. The number of hydrogen-bond acceptors (Lipinski definition) is 5. The number of carbonyl (C=O) groups is 1. The lowest BCUT2D eigenvalue weighted by atomic mass is 10.2. The Morgan fingerprint density at radius 2 is 2.17 bits per heavy atom. The molecule has 0 saturated heterocycles. The molecule has 2 aromatic heterocycles. The largest absolute Gasteiger partial charge is 0.322 e. The molecule has 8 heteroatoms. The summed E-state index contributed by atoms with van der Waals surface area (Å²) < 4.78 is 13.4. The van der Waals surface area contributed by atoms with Gasteiger partial charge in [-0.05, 0) is 30.3 Å². The monoisotopic (exact) mass is 341 g/mol. The summed E-state index contributed by atoms with van der Waals surface area (Å²) in [4.78, 5) is 21.9. The first-order valence-electron chi connectivity index (χ1n) is 7.26. The van der Waals surface area contributed by atoms with Gasteiger partial charge in [-0.15, -0.1) is 22.0 Å². The van der Waals surface area contributed by atoms with Crippen LogP contribution in [0.25, 0.3) is 11.5 Å². The van der Waals surface area contributed by atoms with Crippen molar-refractivity contribution in [3.8, 4) is 11.5 Å². The highest BCUT2D eigenvalue weighted by Crippen LogP contribution is 2.36. The maximum absolute atomic E-state index is 13.4. The number of anilines is 1. The summed E-state index contributed by atoms with van der Waals surface area (Å²) in [6.07, 6.45) is 1.67.